The number of aryl methyl sites for hydroxylation is 1. The quantitative estimate of drug-likeness (QED) is 0.569. The second kappa shape index (κ2) is 10.4. The second-order valence-electron chi connectivity index (χ2n) is 10.2. The lowest BCUT2D eigenvalue weighted by Crippen LogP contribution is -2.44. The zero-order valence-electron chi connectivity index (χ0n) is 20.3. The number of likely N-dealkylation sites (tertiary alicyclic amines) is 1. The smallest absolute Gasteiger partial charge is 0.246 e. The van der Waals surface area contributed by atoms with Crippen molar-refractivity contribution in [1.82, 2.24) is 19.8 Å². The van der Waals surface area contributed by atoms with E-state index >= 15 is 0 Å². The van der Waals surface area contributed by atoms with Crippen molar-refractivity contribution in [3.63, 3.8) is 0 Å². The average molecular weight is 502 g/mol. The molecule has 10 heteroatoms. The molecule has 2 aliphatic carbocycles. The van der Waals surface area contributed by atoms with Crippen molar-refractivity contribution in [3.8, 4) is 5.88 Å². The fraction of sp³-hybridized carbons (Fsp3) is 0.680. The van der Waals surface area contributed by atoms with Crippen LogP contribution in [0.1, 0.15) is 67.7 Å². The van der Waals surface area contributed by atoms with Gasteiger partial charge in [-0.05, 0) is 76.3 Å². The lowest BCUT2D eigenvalue weighted by atomic mass is 9.92. The average Bonchev–Trinajstić information content (AvgIpc) is 3.58. The van der Waals surface area contributed by atoms with Crippen LogP contribution in [0.4, 0.5) is 0 Å². The minimum atomic E-state index is -1.15. The maximum atomic E-state index is 12.5. The van der Waals surface area contributed by atoms with Crippen LogP contribution in [0.15, 0.2) is 6.33 Å². The van der Waals surface area contributed by atoms with Gasteiger partial charge >= 0.3 is 0 Å². The highest BCUT2D eigenvalue weighted by atomic mass is 32.1. The largest absolute Gasteiger partial charge is 0.474 e. The molecule has 3 aliphatic rings. The van der Waals surface area contributed by atoms with Crippen molar-refractivity contribution in [2.45, 2.75) is 82.0 Å². The molecule has 2 atom stereocenters. The van der Waals surface area contributed by atoms with Crippen molar-refractivity contribution >= 4 is 33.4 Å². The minimum absolute atomic E-state index is 0.0483. The normalized spacial score (nSPS) is 25.2. The summed E-state index contributed by atoms with van der Waals surface area (Å²) in [5.74, 6) is 0.213. The van der Waals surface area contributed by atoms with Gasteiger partial charge in [-0.3, -0.25) is 14.5 Å². The van der Waals surface area contributed by atoms with Crippen molar-refractivity contribution < 1.29 is 19.4 Å². The lowest BCUT2D eigenvalue weighted by Gasteiger charge is -2.35. The highest BCUT2D eigenvalue weighted by Gasteiger charge is 2.34. The fourth-order valence-electron chi connectivity index (χ4n) is 5.92. The summed E-state index contributed by atoms with van der Waals surface area (Å²) in [6, 6.07) is 0.386. The van der Waals surface area contributed by atoms with Gasteiger partial charge in [0.1, 0.15) is 23.4 Å². The summed E-state index contributed by atoms with van der Waals surface area (Å²) in [7, 11) is 2.06. The van der Waals surface area contributed by atoms with Crippen LogP contribution in [0.25, 0.3) is 10.2 Å². The molecular formula is C25H35N5O4S. The van der Waals surface area contributed by atoms with Crippen LogP contribution in [0.2, 0.25) is 0 Å². The third-order valence-electron chi connectivity index (χ3n) is 7.92. The van der Waals surface area contributed by atoms with Gasteiger partial charge in [0.05, 0.1) is 11.9 Å². The molecule has 1 saturated heterocycles. The van der Waals surface area contributed by atoms with Crippen LogP contribution in [0.3, 0.4) is 0 Å². The van der Waals surface area contributed by atoms with Crippen molar-refractivity contribution in [3.05, 3.63) is 16.8 Å². The first-order chi connectivity index (χ1) is 16.9. The second-order valence-corrected chi connectivity index (χ2v) is 11.3. The molecule has 5 rings (SSSR count). The van der Waals surface area contributed by atoms with Gasteiger partial charge in [-0.1, -0.05) is 0 Å². The van der Waals surface area contributed by atoms with Crippen molar-refractivity contribution in [2.24, 2.45) is 5.73 Å². The number of likely N-dealkylation sites (N-methyl/N-ethyl adjacent to an activating group) is 1. The van der Waals surface area contributed by atoms with Crippen LogP contribution < -0.4 is 10.5 Å². The Morgan fingerprint density at radius 2 is 1.97 bits per heavy atom. The van der Waals surface area contributed by atoms with Gasteiger partial charge in [0.15, 0.2) is 0 Å². The summed E-state index contributed by atoms with van der Waals surface area (Å²) in [6.07, 6.45) is 8.60. The van der Waals surface area contributed by atoms with Gasteiger partial charge in [0.25, 0.3) is 0 Å². The number of aromatic nitrogens is 2. The summed E-state index contributed by atoms with van der Waals surface area (Å²) in [5, 5.41) is 11.0. The monoisotopic (exact) mass is 501 g/mol. The number of aliphatic hydroxyl groups is 1. The first-order valence-electron chi connectivity index (χ1n) is 12.8. The van der Waals surface area contributed by atoms with Gasteiger partial charge in [-0.15, -0.1) is 11.3 Å². The molecule has 2 amide bonds. The Labute approximate surface area is 209 Å². The number of aliphatic hydroxyl groups excluding tert-OH is 1. The summed E-state index contributed by atoms with van der Waals surface area (Å²) >= 11 is 1.65. The molecule has 3 N–H and O–H groups in total. The number of primary amides is 1. The first kappa shape index (κ1) is 24.4. The summed E-state index contributed by atoms with van der Waals surface area (Å²) in [6.45, 7) is 2.28. The van der Waals surface area contributed by atoms with Gasteiger partial charge in [0, 0.05) is 24.0 Å². The van der Waals surface area contributed by atoms with Crippen LogP contribution in [-0.4, -0.2) is 81.6 Å². The highest BCUT2D eigenvalue weighted by molar-refractivity contribution is 7.19. The molecule has 0 aromatic carbocycles. The van der Waals surface area contributed by atoms with E-state index in [1.807, 2.05) is 4.90 Å². The Morgan fingerprint density at radius 1 is 1.23 bits per heavy atom. The number of hydrogen-bond donors (Lipinski definition) is 2. The molecule has 2 fully saturated rings. The standard InChI is InChI=1S/C25H35N5O4S/c1-29(13-20(32)30-10-2-3-11-30)16-5-7-17(8-6-16)34-24-22-21-15(12-18(31)23(26)33)4-9-19(21)35-25(22)28-14-27-24/h14-18,31H,2-13H2,1H3,(H2,26,33). The number of rotatable bonds is 8. The number of thiophene rings is 1. The number of nitrogens with zero attached hydrogens (tertiary/aromatic N) is 4. The third kappa shape index (κ3) is 5.15. The van der Waals surface area contributed by atoms with E-state index in [1.165, 1.54) is 4.88 Å². The van der Waals surface area contributed by atoms with Crippen LogP contribution in [0.5, 0.6) is 5.88 Å². The molecule has 0 spiro atoms. The molecular weight excluding hydrogens is 466 g/mol. The summed E-state index contributed by atoms with van der Waals surface area (Å²) in [5.41, 5.74) is 6.43. The SMILES string of the molecule is CN(CC(=O)N1CCCC1)C1CCC(Oc2ncnc3sc4c(c23)C(CC(O)C(N)=O)CC4)CC1. The molecule has 35 heavy (non-hydrogen) atoms. The molecule has 0 radical (unpaired) electrons. The topological polar surface area (TPSA) is 122 Å². The van der Waals surface area contributed by atoms with Crippen molar-refractivity contribution in [2.75, 3.05) is 26.7 Å². The molecule has 3 heterocycles. The van der Waals surface area contributed by atoms with Crippen LogP contribution in [-0.2, 0) is 16.0 Å². The summed E-state index contributed by atoms with van der Waals surface area (Å²) in [4.78, 5) is 39.3. The van der Waals surface area contributed by atoms with E-state index in [0.29, 0.717) is 24.9 Å². The summed E-state index contributed by atoms with van der Waals surface area (Å²) < 4.78 is 6.45. The van der Waals surface area contributed by atoms with Gasteiger partial charge in [0.2, 0.25) is 17.7 Å². The molecule has 2 unspecified atom stereocenters. The number of nitrogens with two attached hydrogens (primary N) is 1. The number of hydrogen-bond acceptors (Lipinski definition) is 8. The Morgan fingerprint density at radius 3 is 2.69 bits per heavy atom. The zero-order chi connectivity index (χ0) is 24.5. The number of carbonyl (C=O) groups is 2. The van der Waals surface area contributed by atoms with Gasteiger partial charge < -0.3 is 20.5 Å². The van der Waals surface area contributed by atoms with Crippen LogP contribution >= 0.6 is 11.3 Å². The first-order valence-corrected chi connectivity index (χ1v) is 13.6. The maximum Gasteiger partial charge on any atom is 0.246 e. The third-order valence-corrected chi connectivity index (χ3v) is 9.09. The molecule has 0 bridgehead atoms. The highest BCUT2D eigenvalue weighted by Crippen LogP contribution is 2.47. The van der Waals surface area contributed by atoms with E-state index < -0.39 is 12.0 Å². The number of ether oxygens (including phenoxy) is 1. The molecule has 1 aliphatic heterocycles. The van der Waals surface area contributed by atoms with Crippen molar-refractivity contribution in [1.29, 1.82) is 0 Å². The molecule has 2 aromatic rings. The Kier molecular flexibility index (Phi) is 7.22. The predicted octanol–water partition coefficient (Wildman–Crippen LogP) is 2.20. The Hall–Kier alpha value is -2.30. The molecule has 9 nitrogen and oxygen atoms in total. The number of fused-ring (bicyclic) bond motifs is 3. The van der Waals surface area contributed by atoms with Crippen LogP contribution in [0, 0.1) is 0 Å². The van der Waals surface area contributed by atoms with Gasteiger partial charge in [-0.2, -0.15) is 0 Å². The maximum absolute atomic E-state index is 12.5. The van der Waals surface area contributed by atoms with E-state index in [9.17, 15) is 14.7 Å². The van der Waals surface area contributed by atoms with E-state index in [2.05, 4.69) is 21.9 Å². The Balaban J connectivity index is 1.23. The Bertz CT molecular complexity index is 1080. The predicted molar refractivity (Wildman–Crippen MR) is 133 cm³/mol. The van der Waals surface area contributed by atoms with E-state index in [1.54, 1.807) is 17.7 Å². The molecule has 2 aromatic heterocycles. The zero-order valence-corrected chi connectivity index (χ0v) is 21.1. The van der Waals surface area contributed by atoms with Gasteiger partial charge in [-0.25, -0.2) is 9.97 Å². The minimum Gasteiger partial charge on any atom is -0.474 e. The van der Waals surface area contributed by atoms with E-state index in [-0.39, 0.29) is 17.9 Å². The van der Waals surface area contributed by atoms with E-state index in [0.717, 1.165) is 80.2 Å². The fourth-order valence-corrected chi connectivity index (χ4v) is 7.15. The van der Waals surface area contributed by atoms with E-state index in [4.69, 9.17) is 10.5 Å². The lowest BCUT2D eigenvalue weighted by molar-refractivity contribution is -0.131. The number of amides is 2. The molecule has 1 saturated carbocycles. The number of carbonyl (C=O) groups excluding carboxylic acids is 2. The molecule has 190 valence electrons.